The third kappa shape index (κ3) is 2.92. The predicted octanol–water partition coefficient (Wildman–Crippen LogP) is 3.67. The zero-order valence-corrected chi connectivity index (χ0v) is 10.8. The lowest BCUT2D eigenvalue weighted by Crippen LogP contribution is -1.89. The first kappa shape index (κ1) is 12.2. The number of nitrogens with zero attached hydrogens (tertiary/aromatic N) is 2. The Morgan fingerprint density at radius 3 is 2.65 bits per heavy atom. The van der Waals surface area contributed by atoms with Gasteiger partial charge in [0.25, 0.3) is 0 Å². The average Bonchev–Trinajstić information content (AvgIpc) is 2.90. The van der Waals surface area contributed by atoms with Gasteiger partial charge in [0.2, 0.25) is 5.95 Å². The number of H-pyrrole nitrogens is 1. The normalized spacial score (nSPS) is 11.6. The van der Waals surface area contributed by atoms with Crippen LogP contribution in [0.3, 0.4) is 0 Å². The second-order valence-corrected chi connectivity index (χ2v) is 4.26. The molecule has 0 unspecified atom stereocenters. The zero-order valence-electron chi connectivity index (χ0n) is 10.8. The fraction of sp³-hybridized carbons (Fsp3) is 0. The standard InChI is InChI=1S/C16H14N4/c1-2-7-13(8-3-1)9-6-12-17-20-16-18-14-10-4-5-11-15(14)19-16/h1-12H,(H2,18,19,20)/b9-6+,17-12-. The van der Waals surface area contributed by atoms with E-state index in [0.29, 0.717) is 5.95 Å². The number of rotatable bonds is 4. The summed E-state index contributed by atoms with van der Waals surface area (Å²) in [5.74, 6) is 0.635. The fourth-order valence-corrected chi connectivity index (χ4v) is 1.87. The largest absolute Gasteiger partial charge is 0.323 e. The minimum Gasteiger partial charge on any atom is -0.323 e. The van der Waals surface area contributed by atoms with E-state index < -0.39 is 0 Å². The van der Waals surface area contributed by atoms with E-state index in [4.69, 9.17) is 0 Å². The molecular formula is C16H14N4. The molecule has 0 fully saturated rings. The van der Waals surface area contributed by atoms with E-state index in [9.17, 15) is 0 Å². The van der Waals surface area contributed by atoms with Gasteiger partial charge in [-0.1, -0.05) is 48.5 Å². The molecule has 0 spiro atoms. The van der Waals surface area contributed by atoms with Gasteiger partial charge in [0.05, 0.1) is 11.0 Å². The van der Waals surface area contributed by atoms with Gasteiger partial charge >= 0.3 is 0 Å². The molecule has 0 aliphatic carbocycles. The maximum Gasteiger partial charge on any atom is 0.222 e. The first-order chi connectivity index (χ1) is 9.92. The second kappa shape index (κ2) is 5.84. The summed E-state index contributed by atoms with van der Waals surface area (Å²) in [6.45, 7) is 0. The molecule has 0 aliphatic rings. The van der Waals surface area contributed by atoms with Crippen molar-refractivity contribution in [1.29, 1.82) is 0 Å². The van der Waals surface area contributed by atoms with Gasteiger partial charge in [-0.05, 0) is 23.8 Å². The third-order valence-electron chi connectivity index (χ3n) is 2.81. The lowest BCUT2D eigenvalue weighted by Gasteiger charge is -1.91. The van der Waals surface area contributed by atoms with Crippen LogP contribution in [-0.2, 0) is 0 Å². The van der Waals surface area contributed by atoms with Crippen LogP contribution in [0.4, 0.5) is 5.95 Å². The summed E-state index contributed by atoms with van der Waals surface area (Å²) in [4.78, 5) is 7.51. The maximum atomic E-state index is 4.36. The molecule has 0 radical (unpaired) electrons. The van der Waals surface area contributed by atoms with Crippen LogP contribution in [0, 0.1) is 0 Å². The molecule has 0 saturated heterocycles. The molecule has 0 bridgehead atoms. The van der Waals surface area contributed by atoms with Crippen molar-refractivity contribution >= 4 is 29.3 Å². The quantitative estimate of drug-likeness (QED) is 0.556. The van der Waals surface area contributed by atoms with Crippen LogP contribution in [0.5, 0.6) is 0 Å². The summed E-state index contributed by atoms with van der Waals surface area (Å²) in [5, 5.41) is 4.10. The van der Waals surface area contributed by atoms with E-state index in [0.717, 1.165) is 16.6 Å². The van der Waals surface area contributed by atoms with Crippen LogP contribution in [0.1, 0.15) is 5.56 Å². The number of nitrogens with one attached hydrogen (secondary N) is 2. The van der Waals surface area contributed by atoms with E-state index >= 15 is 0 Å². The number of aromatic amines is 1. The molecule has 0 atom stereocenters. The summed E-state index contributed by atoms with van der Waals surface area (Å²) >= 11 is 0. The number of fused-ring (bicyclic) bond motifs is 1. The molecule has 4 nitrogen and oxygen atoms in total. The fourth-order valence-electron chi connectivity index (χ4n) is 1.87. The van der Waals surface area contributed by atoms with E-state index in [1.807, 2.05) is 66.7 Å². The summed E-state index contributed by atoms with van der Waals surface area (Å²) in [6.07, 6.45) is 5.56. The Bertz CT molecular complexity index is 708. The molecule has 3 rings (SSSR count). The monoisotopic (exact) mass is 262 g/mol. The Kier molecular flexibility index (Phi) is 3.55. The number of aromatic nitrogens is 2. The van der Waals surface area contributed by atoms with Gasteiger partial charge in [0.1, 0.15) is 0 Å². The number of imidazole rings is 1. The van der Waals surface area contributed by atoms with Crippen LogP contribution < -0.4 is 5.43 Å². The molecule has 3 aromatic rings. The SMILES string of the molecule is C(/C=C/c1ccccc1)=N/Nc1nc2ccccc2[nH]1. The molecule has 4 heteroatoms. The first-order valence-corrected chi connectivity index (χ1v) is 6.37. The van der Waals surface area contributed by atoms with Gasteiger partial charge in [-0.25, -0.2) is 10.4 Å². The molecular weight excluding hydrogens is 248 g/mol. The average molecular weight is 262 g/mol. The highest BCUT2D eigenvalue weighted by molar-refractivity contribution is 5.80. The lowest BCUT2D eigenvalue weighted by molar-refractivity contribution is 1.22. The maximum absolute atomic E-state index is 4.36. The highest BCUT2D eigenvalue weighted by Gasteiger charge is 1.98. The third-order valence-corrected chi connectivity index (χ3v) is 2.81. The van der Waals surface area contributed by atoms with Gasteiger partial charge in [0.15, 0.2) is 0 Å². The highest BCUT2D eigenvalue weighted by Crippen LogP contribution is 2.12. The first-order valence-electron chi connectivity index (χ1n) is 6.37. The van der Waals surface area contributed by atoms with Crippen LogP contribution in [0.2, 0.25) is 0 Å². The summed E-state index contributed by atoms with van der Waals surface area (Å²) in [7, 11) is 0. The number of hydrogen-bond donors (Lipinski definition) is 2. The Morgan fingerprint density at radius 2 is 1.80 bits per heavy atom. The zero-order chi connectivity index (χ0) is 13.6. The van der Waals surface area contributed by atoms with E-state index in [2.05, 4.69) is 20.5 Å². The van der Waals surface area contributed by atoms with Crippen molar-refractivity contribution in [3.05, 3.63) is 66.2 Å². The van der Waals surface area contributed by atoms with Crippen LogP contribution >= 0.6 is 0 Å². The topological polar surface area (TPSA) is 53.1 Å². The number of anilines is 1. The molecule has 0 aliphatic heterocycles. The molecule has 0 saturated carbocycles. The van der Waals surface area contributed by atoms with E-state index in [1.54, 1.807) is 6.21 Å². The van der Waals surface area contributed by atoms with Gasteiger partial charge in [-0.2, -0.15) is 5.10 Å². The molecule has 2 N–H and O–H groups in total. The number of hydrazone groups is 1. The van der Waals surface area contributed by atoms with Crippen molar-refractivity contribution in [2.75, 3.05) is 5.43 Å². The number of hydrogen-bond acceptors (Lipinski definition) is 3. The number of para-hydroxylation sites is 2. The van der Waals surface area contributed by atoms with Gasteiger partial charge in [-0.3, -0.25) is 0 Å². The molecule has 20 heavy (non-hydrogen) atoms. The van der Waals surface area contributed by atoms with Gasteiger partial charge < -0.3 is 4.98 Å². The molecule has 98 valence electrons. The lowest BCUT2D eigenvalue weighted by atomic mass is 10.2. The van der Waals surface area contributed by atoms with Crippen molar-refractivity contribution in [3.63, 3.8) is 0 Å². The van der Waals surface area contributed by atoms with Crippen molar-refractivity contribution in [3.8, 4) is 0 Å². The smallest absolute Gasteiger partial charge is 0.222 e. The van der Waals surface area contributed by atoms with Gasteiger partial charge in [0, 0.05) is 6.21 Å². The van der Waals surface area contributed by atoms with Crippen molar-refractivity contribution < 1.29 is 0 Å². The molecule has 1 heterocycles. The van der Waals surface area contributed by atoms with Gasteiger partial charge in [-0.15, -0.1) is 0 Å². The summed E-state index contributed by atoms with van der Waals surface area (Å²) < 4.78 is 0. The van der Waals surface area contributed by atoms with Crippen LogP contribution in [-0.4, -0.2) is 16.2 Å². The van der Waals surface area contributed by atoms with Crippen molar-refractivity contribution in [2.24, 2.45) is 5.10 Å². The molecule has 2 aromatic carbocycles. The predicted molar refractivity (Wildman–Crippen MR) is 83.7 cm³/mol. The summed E-state index contributed by atoms with van der Waals surface area (Å²) in [6, 6.07) is 17.9. The van der Waals surface area contributed by atoms with E-state index in [1.165, 1.54) is 0 Å². The minimum atomic E-state index is 0.635. The van der Waals surface area contributed by atoms with Crippen molar-refractivity contribution in [2.45, 2.75) is 0 Å². The van der Waals surface area contributed by atoms with Crippen LogP contribution in [0.25, 0.3) is 17.1 Å². The Morgan fingerprint density at radius 1 is 1.00 bits per heavy atom. The Balaban J connectivity index is 1.61. The molecule has 0 amide bonds. The second-order valence-electron chi connectivity index (χ2n) is 4.26. The van der Waals surface area contributed by atoms with Crippen molar-refractivity contribution in [1.82, 2.24) is 9.97 Å². The van der Waals surface area contributed by atoms with E-state index in [-0.39, 0.29) is 0 Å². The number of benzene rings is 2. The Hall–Kier alpha value is -2.88. The summed E-state index contributed by atoms with van der Waals surface area (Å²) in [5.41, 5.74) is 5.93. The number of allylic oxidation sites excluding steroid dienone is 1. The highest BCUT2D eigenvalue weighted by atomic mass is 15.3. The Labute approximate surface area is 116 Å². The minimum absolute atomic E-state index is 0.635. The van der Waals surface area contributed by atoms with Crippen LogP contribution in [0.15, 0.2) is 65.8 Å². The molecule has 1 aromatic heterocycles.